The molecule has 2 atom stereocenters. The molecule has 0 spiro atoms. The Morgan fingerprint density at radius 2 is 2.10 bits per heavy atom. The molecule has 1 saturated heterocycles. The van der Waals surface area contributed by atoms with Crippen LogP contribution >= 0.6 is 11.6 Å². The molecule has 0 bridgehead atoms. The van der Waals surface area contributed by atoms with Crippen molar-refractivity contribution in [3.8, 4) is 0 Å². The van der Waals surface area contributed by atoms with Crippen molar-refractivity contribution >= 4 is 28.3 Å². The average molecular weight is 314 g/mol. The number of aromatic amines is 1. The molecule has 0 radical (unpaired) electrons. The first kappa shape index (κ1) is 14.4. The van der Waals surface area contributed by atoms with E-state index in [0.717, 1.165) is 0 Å². The first-order valence-corrected chi connectivity index (χ1v) is 7.01. The lowest BCUT2D eigenvalue weighted by Crippen LogP contribution is -2.30. The normalized spacial score (nSPS) is 22.1. The highest BCUT2D eigenvalue weighted by molar-refractivity contribution is 6.31. The molecule has 21 heavy (non-hydrogen) atoms. The van der Waals surface area contributed by atoms with Gasteiger partial charge in [0.25, 0.3) is 0 Å². The van der Waals surface area contributed by atoms with Gasteiger partial charge in [-0.1, -0.05) is 11.6 Å². The van der Waals surface area contributed by atoms with Crippen molar-refractivity contribution < 1.29 is 13.6 Å². The Morgan fingerprint density at radius 1 is 1.33 bits per heavy atom. The Labute approximate surface area is 124 Å². The van der Waals surface area contributed by atoms with E-state index in [0.29, 0.717) is 18.5 Å². The van der Waals surface area contributed by atoms with Crippen molar-refractivity contribution in [1.82, 2.24) is 10.3 Å². The molecule has 112 valence electrons. The molecule has 7 heteroatoms. The molecule has 1 fully saturated rings. The molecule has 1 aliphatic rings. The van der Waals surface area contributed by atoms with Crippen molar-refractivity contribution in [2.75, 3.05) is 13.1 Å². The fraction of sp³-hybridized carbons (Fsp3) is 0.357. The van der Waals surface area contributed by atoms with Gasteiger partial charge in [0.1, 0.15) is 0 Å². The minimum absolute atomic E-state index is 0.0471. The Hall–Kier alpha value is -1.50. The maximum atomic E-state index is 13.8. The highest BCUT2D eigenvalue weighted by Crippen LogP contribution is 2.28. The summed E-state index contributed by atoms with van der Waals surface area (Å²) >= 11 is 5.60. The number of rotatable bonds is 3. The number of ketones is 1. The average Bonchev–Trinajstić information content (AvgIpc) is 3.03. The summed E-state index contributed by atoms with van der Waals surface area (Å²) in [5.74, 6) is -2.32. The number of hydrogen-bond acceptors (Lipinski definition) is 3. The first-order valence-electron chi connectivity index (χ1n) is 6.63. The minimum Gasteiger partial charge on any atom is -0.350 e. The largest absolute Gasteiger partial charge is 0.350 e. The Kier molecular flexibility index (Phi) is 3.69. The maximum absolute atomic E-state index is 13.8. The number of fused-ring (bicyclic) bond motifs is 1. The second kappa shape index (κ2) is 5.36. The van der Waals surface area contributed by atoms with Crippen LogP contribution in [0.2, 0.25) is 5.02 Å². The topological polar surface area (TPSA) is 70.9 Å². The van der Waals surface area contributed by atoms with Gasteiger partial charge in [-0.05, 0) is 24.6 Å². The first-order chi connectivity index (χ1) is 9.97. The highest BCUT2D eigenvalue weighted by atomic mass is 35.5. The Bertz CT molecular complexity index is 716. The molecule has 2 aromatic rings. The van der Waals surface area contributed by atoms with Crippen molar-refractivity contribution in [2.45, 2.75) is 12.5 Å². The van der Waals surface area contributed by atoms with Crippen LogP contribution in [0.15, 0.2) is 12.1 Å². The predicted octanol–water partition coefficient (Wildman–Crippen LogP) is 2.22. The van der Waals surface area contributed by atoms with Gasteiger partial charge in [0.05, 0.1) is 16.2 Å². The highest BCUT2D eigenvalue weighted by Gasteiger charge is 2.27. The van der Waals surface area contributed by atoms with Gasteiger partial charge < -0.3 is 16.0 Å². The molecule has 4 N–H and O–H groups in total. The zero-order chi connectivity index (χ0) is 15.1. The van der Waals surface area contributed by atoms with Gasteiger partial charge >= 0.3 is 0 Å². The van der Waals surface area contributed by atoms with E-state index >= 15 is 0 Å². The summed E-state index contributed by atoms with van der Waals surface area (Å²) in [5, 5.41) is 3.18. The quantitative estimate of drug-likeness (QED) is 0.601. The fourth-order valence-corrected chi connectivity index (χ4v) is 2.86. The standard InChI is InChI=1S/C14H14ClF2N3O/c15-8-1-6-2-10(20-14(6)13(17)12(8)16)11(21)3-7-4-19-5-9(7)18/h1-2,7,9,19-20H,3-5,18H2/t7-,9-/m0/s1. The van der Waals surface area contributed by atoms with Crippen molar-refractivity contribution in [3.05, 3.63) is 34.5 Å². The summed E-state index contributed by atoms with van der Waals surface area (Å²) in [4.78, 5) is 14.9. The van der Waals surface area contributed by atoms with Crippen LogP contribution in [0.25, 0.3) is 10.9 Å². The van der Waals surface area contributed by atoms with Gasteiger partial charge in [-0.25, -0.2) is 8.78 Å². The van der Waals surface area contributed by atoms with Crippen molar-refractivity contribution in [2.24, 2.45) is 11.7 Å². The zero-order valence-corrected chi connectivity index (χ0v) is 11.8. The van der Waals surface area contributed by atoms with Crippen molar-refractivity contribution in [1.29, 1.82) is 0 Å². The molecular formula is C14H14ClF2N3O. The van der Waals surface area contributed by atoms with E-state index in [2.05, 4.69) is 10.3 Å². The lowest BCUT2D eigenvalue weighted by atomic mass is 9.97. The predicted molar refractivity (Wildman–Crippen MR) is 76.5 cm³/mol. The number of benzene rings is 1. The summed E-state index contributed by atoms with van der Waals surface area (Å²) in [6.07, 6.45) is 0.263. The second-order valence-corrected chi connectivity index (χ2v) is 5.75. The van der Waals surface area contributed by atoms with Gasteiger partial charge in [0.15, 0.2) is 17.4 Å². The summed E-state index contributed by atoms with van der Waals surface area (Å²) in [5.41, 5.74) is 6.09. The number of halogens is 3. The molecule has 0 aliphatic carbocycles. The molecule has 1 aromatic carbocycles. The molecule has 4 nitrogen and oxygen atoms in total. The van der Waals surface area contributed by atoms with E-state index in [4.69, 9.17) is 17.3 Å². The third-order valence-corrected chi connectivity index (χ3v) is 4.17. The molecule has 0 saturated carbocycles. The number of nitrogens with one attached hydrogen (secondary N) is 2. The van der Waals surface area contributed by atoms with Crippen molar-refractivity contribution in [3.63, 3.8) is 0 Å². The molecule has 0 unspecified atom stereocenters. The minimum atomic E-state index is -1.12. The van der Waals surface area contributed by atoms with E-state index in [9.17, 15) is 13.6 Å². The van der Waals surface area contributed by atoms with E-state index in [-0.39, 0.29) is 40.4 Å². The number of Topliss-reactive ketones (excluding diaryl/α,β-unsaturated/α-hetero) is 1. The summed E-state index contributed by atoms with van der Waals surface area (Å²) in [6, 6.07) is 2.72. The van der Waals surface area contributed by atoms with Crippen LogP contribution in [0, 0.1) is 17.6 Å². The molecular weight excluding hydrogens is 300 g/mol. The van der Waals surface area contributed by atoms with Gasteiger partial charge in [0.2, 0.25) is 0 Å². The number of nitrogens with two attached hydrogens (primary N) is 1. The SMILES string of the molecule is N[C@H]1CNC[C@@H]1CC(=O)c1cc2cc(Cl)c(F)c(F)c2[nH]1. The van der Waals surface area contributed by atoms with Crippen LogP contribution in [-0.4, -0.2) is 29.9 Å². The lowest BCUT2D eigenvalue weighted by Gasteiger charge is -2.11. The summed E-state index contributed by atoms with van der Waals surface area (Å²) < 4.78 is 27.2. The molecule has 1 aromatic heterocycles. The van der Waals surface area contributed by atoms with E-state index in [1.807, 2.05) is 0 Å². The third-order valence-electron chi connectivity index (χ3n) is 3.89. The number of carbonyl (C=O) groups excluding carboxylic acids is 1. The number of hydrogen-bond donors (Lipinski definition) is 3. The van der Waals surface area contributed by atoms with Crippen LogP contribution in [0.1, 0.15) is 16.9 Å². The molecule has 0 amide bonds. The van der Waals surface area contributed by atoms with Gasteiger partial charge in [0, 0.05) is 24.4 Å². The van der Waals surface area contributed by atoms with E-state index in [1.54, 1.807) is 0 Å². The van der Waals surface area contributed by atoms with Gasteiger partial charge in [-0.3, -0.25) is 4.79 Å². The van der Waals surface area contributed by atoms with E-state index in [1.165, 1.54) is 12.1 Å². The number of carbonyl (C=O) groups is 1. The van der Waals surface area contributed by atoms with Crippen LogP contribution in [0.5, 0.6) is 0 Å². The van der Waals surface area contributed by atoms with E-state index < -0.39 is 11.6 Å². The maximum Gasteiger partial charge on any atom is 0.184 e. The zero-order valence-electron chi connectivity index (χ0n) is 11.1. The third kappa shape index (κ3) is 2.54. The molecule has 3 rings (SSSR count). The lowest BCUT2D eigenvalue weighted by molar-refractivity contribution is 0.0957. The molecule has 2 heterocycles. The second-order valence-electron chi connectivity index (χ2n) is 5.34. The van der Waals surface area contributed by atoms with Crippen LogP contribution in [0.3, 0.4) is 0 Å². The molecule has 1 aliphatic heterocycles. The summed E-state index contributed by atoms with van der Waals surface area (Å²) in [7, 11) is 0. The number of H-pyrrole nitrogens is 1. The smallest absolute Gasteiger partial charge is 0.184 e. The monoisotopic (exact) mass is 313 g/mol. The summed E-state index contributed by atoms with van der Waals surface area (Å²) in [6.45, 7) is 1.36. The van der Waals surface area contributed by atoms with Crippen LogP contribution in [-0.2, 0) is 0 Å². The number of aromatic nitrogens is 1. The Balaban J connectivity index is 1.90. The van der Waals surface area contributed by atoms with Crippen LogP contribution < -0.4 is 11.1 Å². The Morgan fingerprint density at radius 3 is 2.76 bits per heavy atom. The fourth-order valence-electron chi connectivity index (χ4n) is 2.66. The van der Waals surface area contributed by atoms with Gasteiger partial charge in [-0.15, -0.1) is 0 Å². The van der Waals surface area contributed by atoms with Gasteiger partial charge in [-0.2, -0.15) is 0 Å². The van der Waals surface area contributed by atoms with Crippen LogP contribution in [0.4, 0.5) is 8.78 Å².